The van der Waals surface area contributed by atoms with Crippen molar-refractivity contribution in [2.45, 2.75) is 13.0 Å². The fraction of sp³-hybridized carbons (Fsp3) is 0.182. The summed E-state index contributed by atoms with van der Waals surface area (Å²) in [4.78, 5) is 0. The zero-order chi connectivity index (χ0) is 9.80. The molecular formula is C11H13N3. The Bertz CT molecular complexity index is 367. The van der Waals surface area contributed by atoms with Crippen LogP contribution in [0.25, 0.3) is 0 Å². The van der Waals surface area contributed by atoms with Crippen molar-refractivity contribution in [3.05, 3.63) is 48.3 Å². The molecule has 0 saturated heterocycles. The van der Waals surface area contributed by atoms with E-state index >= 15 is 0 Å². The first-order chi connectivity index (χ1) is 6.86. The number of hydrogen-bond donors (Lipinski definition) is 2. The van der Waals surface area contributed by atoms with Gasteiger partial charge in [0.15, 0.2) is 0 Å². The Balaban J connectivity index is 2.07. The first-order valence-electron chi connectivity index (χ1n) is 4.66. The second kappa shape index (κ2) is 3.96. The fourth-order valence-electron chi connectivity index (χ4n) is 1.40. The van der Waals surface area contributed by atoms with E-state index in [2.05, 4.69) is 34.6 Å². The Morgan fingerprint density at radius 2 is 2.07 bits per heavy atom. The summed E-state index contributed by atoms with van der Waals surface area (Å²) < 4.78 is 0. The molecular weight excluding hydrogens is 174 g/mol. The summed E-state index contributed by atoms with van der Waals surface area (Å²) in [5.41, 5.74) is 2.29. The van der Waals surface area contributed by atoms with E-state index in [4.69, 9.17) is 0 Å². The lowest BCUT2D eigenvalue weighted by atomic mass is 10.1. The summed E-state index contributed by atoms with van der Waals surface area (Å²) in [7, 11) is 0. The van der Waals surface area contributed by atoms with E-state index in [0.29, 0.717) is 6.04 Å². The van der Waals surface area contributed by atoms with Gasteiger partial charge in [-0.15, -0.1) is 0 Å². The van der Waals surface area contributed by atoms with Crippen LogP contribution in [0.5, 0.6) is 0 Å². The van der Waals surface area contributed by atoms with Gasteiger partial charge in [0.2, 0.25) is 0 Å². The van der Waals surface area contributed by atoms with Gasteiger partial charge in [0, 0.05) is 12.2 Å². The van der Waals surface area contributed by atoms with Crippen LogP contribution in [0.1, 0.15) is 18.5 Å². The van der Waals surface area contributed by atoms with Crippen LogP contribution in [0.4, 0.5) is 5.69 Å². The molecule has 1 aromatic heterocycles. The molecule has 1 heterocycles. The molecule has 1 atom stereocenters. The summed E-state index contributed by atoms with van der Waals surface area (Å²) in [6.07, 6.45) is 3.62. The number of aromatic amines is 1. The van der Waals surface area contributed by atoms with Crippen LogP contribution < -0.4 is 5.32 Å². The SMILES string of the molecule is CC(Nc1cn[nH]c1)c1ccccc1. The number of benzene rings is 1. The highest BCUT2D eigenvalue weighted by atomic mass is 15.1. The molecule has 0 aliphatic heterocycles. The third-order valence-electron chi connectivity index (χ3n) is 2.18. The molecule has 2 aromatic rings. The minimum Gasteiger partial charge on any atom is -0.376 e. The molecule has 3 heteroatoms. The van der Waals surface area contributed by atoms with Gasteiger partial charge in [-0.25, -0.2) is 0 Å². The summed E-state index contributed by atoms with van der Waals surface area (Å²) in [6.45, 7) is 2.13. The van der Waals surface area contributed by atoms with Crippen molar-refractivity contribution in [2.75, 3.05) is 5.32 Å². The third kappa shape index (κ3) is 1.93. The van der Waals surface area contributed by atoms with Crippen molar-refractivity contribution in [3.8, 4) is 0 Å². The minimum atomic E-state index is 0.300. The fourth-order valence-corrected chi connectivity index (χ4v) is 1.40. The van der Waals surface area contributed by atoms with Gasteiger partial charge in [0.1, 0.15) is 0 Å². The second-order valence-electron chi connectivity index (χ2n) is 3.26. The number of rotatable bonds is 3. The number of nitrogens with one attached hydrogen (secondary N) is 2. The molecule has 2 rings (SSSR count). The largest absolute Gasteiger partial charge is 0.376 e. The molecule has 0 amide bonds. The topological polar surface area (TPSA) is 40.7 Å². The summed E-state index contributed by atoms with van der Waals surface area (Å²) >= 11 is 0. The molecule has 1 aromatic carbocycles. The van der Waals surface area contributed by atoms with Gasteiger partial charge in [-0.3, -0.25) is 5.10 Å². The van der Waals surface area contributed by atoms with Crippen LogP contribution in [0.3, 0.4) is 0 Å². The minimum absolute atomic E-state index is 0.300. The van der Waals surface area contributed by atoms with Crippen LogP contribution in [0.2, 0.25) is 0 Å². The highest BCUT2D eigenvalue weighted by molar-refractivity contribution is 5.40. The first-order valence-corrected chi connectivity index (χ1v) is 4.66. The zero-order valence-electron chi connectivity index (χ0n) is 8.07. The van der Waals surface area contributed by atoms with Crippen LogP contribution in [-0.4, -0.2) is 10.2 Å². The van der Waals surface area contributed by atoms with E-state index in [-0.39, 0.29) is 0 Å². The number of aromatic nitrogens is 2. The highest BCUT2D eigenvalue weighted by Crippen LogP contribution is 2.17. The number of hydrogen-bond acceptors (Lipinski definition) is 2. The molecule has 0 fully saturated rings. The van der Waals surface area contributed by atoms with Crippen LogP contribution in [0.15, 0.2) is 42.7 Å². The summed E-state index contributed by atoms with van der Waals surface area (Å²) in [6, 6.07) is 10.6. The van der Waals surface area contributed by atoms with Crippen molar-refractivity contribution in [3.63, 3.8) is 0 Å². The molecule has 72 valence electrons. The van der Waals surface area contributed by atoms with Gasteiger partial charge in [-0.05, 0) is 12.5 Å². The lowest BCUT2D eigenvalue weighted by Crippen LogP contribution is -2.05. The smallest absolute Gasteiger partial charge is 0.0728 e. The normalized spacial score (nSPS) is 12.4. The van der Waals surface area contributed by atoms with Gasteiger partial charge in [0.05, 0.1) is 11.9 Å². The predicted octanol–water partition coefficient (Wildman–Crippen LogP) is 2.58. The van der Waals surface area contributed by atoms with Crippen molar-refractivity contribution in [2.24, 2.45) is 0 Å². The molecule has 0 radical (unpaired) electrons. The van der Waals surface area contributed by atoms with Crippen molar-refractivity contribution in [1.29, 1.82) is 0 Å². The molecule has 0 aliphatic carbocycles. The molecule has 2 N–H and O–H groups in total. The van der Waals surface area contributed by atoms with Crippen LogP contribution in [-0.2, 0) is 0 Å². The lowest BCUT2D eigenvalue weighted by Gasteiger charge is -2.13. The predicted molar refractivity (Wildman–Crippen MR) is 57.1 cm³/mol. The van der Waals surface area contributed by atoms with E-state index in [1.807, 2.05) is 24.4 Å². The van der Waals surface area contributed by atoms with E-state index in [1.165, 1.54) is 5.56 Å². The Labute approximate surface area is 83.2 Å². The first kappa shape index (κ1) is 8.81. The van der Waals surface area contributed by atoms with Gasteiger partial charge in [-0.2, -0.15) is 5.10 Å². The van der Waals surface area contributed by atoms with Crippen LogP contribution in [0, 0.1) is 0 Å². The number of nitrogens with zero attached hydrogens (tertiary/aromatic N) is 1. The average molecular weight is 187 g/mol. The standard InChI is InChI=1S/C11H13N3/c1-9(10-5-3-2-4-6-10)14-11-7-12-13-8-11/h2-9,14H,1H3,(H,12,13). The molecule has 14 heavy (non-hydrogen) atoms. The Morgan fingerprint density at radius 1 is 1.29 bits per heavy atom. The average Bonchev–Trinajstić information content (AvgIpc) is 2.72. The molecule has 0 saturated carbocycles. The van der Waals surface area contributed by atoms with E-state index in [1.54, 1.807) is 6.20 Å². The van der Waals surface area contributed by atoms with E-state index in [0.717, 1.165) is 5.69 Å². The summed E-state index contributed by atoms with van der Waals surface area (Å²) in [5, 5.41) is 10.00. The van der Waals surface area contributed by atoms with E-state index in [9.17, 15) is 0 Å². The molecule has 0 aliphatic rings. The van der Waals surface area contributed by atoms with Gasteiger partial charge >= 0.3 is 0 Å². The summed E-state index contributed by atoms with van der Waals surface area (Å²) in [5.74, 6) is 0. The maximum absolute atomic E-state index is 3.88. The lowest BCUT2D eigenvalue weighted by molar-refractivity contribution is 0.885. The van der Waals surface area contributed by atoms with Crippen molar-refractivity contribution >= 4 is 5.69 Å². The maximum atomic E-state index is 3.88. The second-order valence-corrected chi connectivity index (χ2v) is 3.26. The van der Waals surface area contributed by atoms with Gasteiger partial charge in [-0.1, -0.05) is 30.3 Å². The number of anilines is 1. The zero-order valence-corrected chi connectivity index (χ0v) is 8.07. The molecule has 0 bridgehead atoms. The number of H-pyrrole nitrogens is 1. The Morgan fingerprint density at radius 3 is 2.71 bits per heavy atom. The van der Waals surface area contributed by atoms with Crippen molar-refractivity contribution in [1.82, 2.24) is 10.2 Å². The van der Waals surface area contributed by atoms with Crippen molar-refractivity contribution < 1.29 is 0 Å². The van der Waals surface area contributed by atoms with Gasteiger partial charge < -0.3 is 5.32 Å². The van der Waals surface area contributed by atoms with Crippen LogP contribution >= 0.6 is 0 Å². The van der Waals surface area contributed by atoms with E-state index < -0.39 is 0 Å². The Hall–Kier alpha value is -1.77. The quantitative estimate of drug-likeness (QED) is 0.775. The third-order valence-corrected chi connectivity index (χ3v) is 2.18. The Kier molecular flexibility index (Phi) is 2.49. The molecule has 3 nitrogen and oxygen atoms in total. The maximum Gasteiger partial charge on any atom is 0.0728 e. The van der Waals surface area contributed by atoms with Gasteiger partial charge in [0.25, 0.3) is 0 Å². The molecule has 0 spiro atoms. The highest BCUT2D eigenvalue weighted by Gasteiger charge is 2.03. The monoisotopic (exact) mass is 187 g/mol. The molecule has 1 unspecified atom stereocenters.